The first kappa shape index (κ1) is 39.7. The summed E-state index contributed by atoms with van der Waals surface area (Å²) in [6, 6.07) is 18.8. The number of anilines is 2. The zero-order valence-electron chi connectivity index (χ0n) is 33.0. The number of morpholine rings is 1. The number of carbonyl (C=O) groups excluding carboxylic acids is 1. The van der Waals surface area contributed by atoms with Crippen LogP contribution in [0.15, 0.2) is 66.9 Å². The molecule has 5 aromatic rings. The molecule has 3 atom stereocenters. The first-order valence-corrected chi connectivity index (χ1v) is 19.7. The number of benzene rings is 2. The minimum Gasteiger partial charge on any atom is -0.484 e. The van der Waals surface area contributed by atoms with E-state index in [4.69, 9.17) is 24.5 Å². The minimum absolute atomic E-state index is 0.186. The lowest BCUT2D eigenvalue weighted by atomic mass is 9.85. The highest BCUT2D eigenvalue weighted by molar-refractivity contribution is 5.89. The van der Waals surface area contributed by atoms with E-state index < -0.39 is 0 Å². The number of carbonyl (C=O) groups is 2. The van der Waals surface area contributed by atoms with E-state index in [1.54, 1.807) is 10.7 Å². The number of rotatable bonds is 8. The molecule has 3 N–H and O–H groups in total. The van der Waals surface area contributed by atoms with E-state index in [-0.39, 0.29) is 35.9 Å². The quantitative estimate of drug-likeness (QED) is 0.140. The molecule has 0 bridgehead atoms. The predicted molar refractivity (Wildman–Crippen MR) is 215 cm³/mol. The SMILES string of the molecule is CC1CCCCN1c1nnc2ccc(O[C@@H]3CC[C@H](NC(=O)Nc4cc(C(C)(C)C)nn4-c4ccc(F)c(CN5CCOCC5)c4)c4ccccc43)cn12.O=CO. The van der Waals surface area contributed by atoms with Crippen LogP contribution < -0.4 is 20.3 Å². The molecule has 0 saturated carbocycles. The summed E-state index contributed by atoms with van der Waals surface area (Å²) in [6.07, 6.45) is 6.74. The smallest absolute Gasteiger partial charge is 0.320 e. The summed E-state index contributed by atoms with van der Waals surface area (Å²) in [5.41, 5.74) is 4.63. The normalized spacial score (nSPS) is 19.9. The van der Waals surface area contributed by atoms with Crippen molar-refractivity contribution in [1.82, 2.24) is 34.6 Å². The Morgan fingerprint density at radius 3 is 2.53 bits per heavy atom. The fourth-order valence-electron chi connectivity index (χ4n) is 7.87. The Labute approximate surface area is 332 Å². The zero-order valence-corrected chi connectivity index (χ0v) is 33.0. The van der Waals surface area contributed by atoms with Crippen LogP contribution in [0.5, 0.6) is 5.75 Å². The van der Waals surface area contributed by atoms with E-state index in [1.807, 2.05) is 47.0 Å². The molecule has 1 aliphatic carbocycles. The molecule has 2 aliphatic heterocycles. The molecule has 2 saturated heterocycles. The van der Waals surface area contributed by atoms with Crippen LogP contribution in [0.4, 0.5) is 21.0 Å². The largest absolute Gasteiger partial charge is 0.484 e. The van der Waals surface area contributed by atoms with E-state index in [2.05, 4.69) is 70.5 Å². The van der Waals surface area contributed by atoms with Crippen LogP contribution in [0.1, 0.15) is 94.3 Å². The molecule has 14 nitrogen and oxygen atoms in total. The van der Waals surface area contributed by atoms with Gasteiger partial charge in [0.2, 0.25) is 5.95 Å². The summed E-state index contributed by atoms with van der Waals surface area (Å²) in [5.74, 6) is 1.84. The number of nitrogens with one attached hydrogen (secondary N) is 2. The molecule has 8 rings (SSSR count). The molecule has 1 unspecified atom stereocenters. The Morgan fingerprint density at radius 1 is 1.00 bits per heavy atom. The number of ether oxygens (including phenoxy) is 2. The maximum absolute atomic E-state index is 15.0. The molecule has 57 heavy (non-hydrogen) atoms. The summed E-state index contributed by atoms with van der Waals surface area (Å²) in [5, 5.41) is 27.1. The average Bonchev–Trinajstić information content (AvgIpc) is 3.82. The summed E-state index contributed by atoms with van der Waals surface area (Å²) >= 11 is 0. The van der Waals surface area contributed by atoms with Gasteiger partial charge >= 0.3 is 6.03 Å². The Bertz CT molecular complexity index is 2180. The Hall–Kier alpha value is -5.54. The molecule has 302 valence electrons. The average molecular weight is 782 g/mol. The van der Waals surface area contributed by atoms with Crippen LogP contribution in [0.25, 0.3) is 11.3 Å². The van der Waals surface area contributed by atoms with Crippen molar-refractivity contribution in [1.29, 1.82) is 0 Å². The van der Waals surface area contributed by atoms with Crippen molar-refractivity contribution >= 4 is 29.9 Å². The lowest BCUT2D eigenvalue weighted by molar-refractivity contribution is -0.122. The predicted octanol–water partition coefficient (Wildman–Crippen LogP) is 7.04. The van der Waals surface area contributed by atoms with E-state index in [0.29, 0.717) is 55.7 Å². The number of nitrogens with zero attached hydrogens (tertiary/aromatic N) is 7. The Kier molecular flexibility index (Phi) is 12.0. The van der Waals surface area contributed by atoms with Gasteiger partial charge in [-0.25, -0.2) is 13.9 Å². The standard InChI is InChI=1S/C41H50FN9O3.CH2O2/c1-27-9-7-8-18-49(27)40-46-45-37-17-13-30(26-50(37)40)54-35-16-15-34(31-10-5-6-11-32(31)35)43-39(52)44-38-24-36(41(2,3)4)47-51(38)29-12-14-33(42)28(23-29)25-48-19-21-53-22-20-48;2-1-3/h5-6,10-14,17,23-24,26-27,34-35H,7-9,15-16,18-22,25H2,1-4H3,(H2,43,44,52);1H,(H,2,3)/t27?,34-,35+;/m0./s1. The van der Waals surface area contributed by atoms with Gasteiger partial charge in [0, 0.05) is 49.3 Å². The highest BCUT2D eigenvalue weighted by atomic mass is 19.1. The van der Waals surface area contributed by atoms with Crippen LogP contribution in [-0.2, 0) is 21.5 Å². The molecule has 0 spiro atoms. The van der Waals surface area contributed by atoms with E-state index in [1.165, 1.54) is 12.5 Å². The fraction of sp³-hybridized carbons (Fsp3) is 0.452. The number of halogens is 1. The number of aromatic nitrogens is 5. The first-order valence-electron chi connectivity index (χ1n) is 19.7. The van der Waals surface area contributed by atoms with Crippen LogP contribution in [0.2, 0.25) is 0 Å². The van der Waals surface area contributed by atoms with Crippen LogP contribution in [-0.4, -0.2) is 85.8 Å². The number of amides is 2. The topological polar surface area (TPSA) is 151 Å². The van der Waals surface area contributed by atoms with Crippen LogP contribution >= 0.6 is 0 Å². The third-order valence-electron chi connectivity index (χ3n) is 10.9. The van der Waals surface area contributed by atoms with Gasteiger partial charge in [-0.3, -0.25) is 19.4 Å². The molecule has 2 aromatic carbocycles. The van der Waals surface area contributed by atoms with Crippen molar-refractivity contribution < 1.29 is 28.6 Å². The summed E-state index contributed by atoms with van der Waals surface area (Å²) in [7, 11) is 0. The number of fused-ring (bicyclic) bond motifs is 2. The first-order chi connectivity index (χ1) is 27.5. The number of hydrogen-bond donors (Lipinski definition) is 3. The third-order valence-corrected chi connectivity index (χ3v) is 10.9. The van der Waals surface area contributed by atoms with Gasteiger partial charge in [0.15, 0.2) is 5.65 Å². The molecule has 2 fully saturated rings. The highest BCUT2D eigenvalue weighted by Gasteiger charge is 2.31. The van der Waals surface area contributed by atoms with Crippen molar-refractivity contribution in [2.45, 2.75) is 89.9 Å². The second kappa shape index (κ2) is 17.3. The summed E-state index contributed by atoms with van der Waals surface area (Å²) < 4.78 is 30.9. The van der Waals surface area contributed by atoms with Gasteiger partial charge in [0.05, 0.1) is 36.8 Å². The number of hydrogen-bond acceptors (Lipinski definition) is 9. The zero-order chi connectivity index (χ0) is 40.1. The molecule has 2 amide bonds. The van der Waals surface area contributed by atoms with Crippen molar-refractivity contribution in [2.75, 3.05) is 43.1 Å². The van der Waals surface area contributed by atoms with Gasteiger partial charge in [-0.15, -0.1) is 10.2 Å². The van der Waals surface area contributed by atoms with E-state index in [0.717, 1.165) is 66.6 Å². The van der Waals surface area contributed by atoms with Crippen LogP contribution in [0, 0.1) is 5.82 Å². The molecule has 0 radical (unpaired) electrons. The van der Waals surface area contributed by atoms with E-state index >= 15 is 4.39 Å². The van der Waals surface area contributed by atoms with Crippen LogP contribution in [0.3, 0.4) is 0 Å². The summed E-state index contributed by atoms with van der Waals surface area (Å²) in [6.45, 7) is 12.4. The second-order valence-corrected chi connectivity index (χ2v) is 15.9. The van der Waals surface area contributed by atoms with Gasteiger partial charge in [0.25, 0.3) is 6.47 Å². The number of carboxylic acid groups (broad SMARTS) is 1. The summed E-state index contributed by atoms with van der Waals surface area (Å²) in [4.78, 5) is 26.7. The second-order valence-electron chi connectivity index (χ2n) is 15.9. The maximum atomic E-state index is 15.0. The molecule has 5 heterocycles. The third kappa shape index (κ3) is 9.04. The van der Waals surface area contributed by atoms with Gasteiger partial charge in [-0.1, -0.05) is 45.0 Å². The number of piperidine rings is 1. The lowest BCUT2D eigenvalue weighted by Crippen LogP contribution is -2.38. The van der Waals surface area contributed by atoms with Crippen molar-refractivity contribution in [3.8, 4) is 11.4 Å². The maximum Gasteiger partial charge on any atom is 0.320 e. The minimum atomic E-state index is -0.344. The van der Waals surface area contributed by atoms with Gasteiger partial charge in [0.1, 0.15) is 23.5 Å². The molecule has 3 aliphatic rings. The molecular formula is C42H52FN9O5. The highest BCUT2D eigenvalue weighted by Crippen LogP contribution is 2.39. The molecule has 15 heteroatoms. The van der Waals surface area contributed by atoms with Gasteiger partial charge < -0.3 is 24.8 Å². The van der Waals surface area contributed by atoms with Crippen molar-refractivity contribution in [3.05, 3.63) is 95.1 Å². The Morgan fingerprint density at radius 2 is 1.77 bits per heavy atom. The van der Waals surface area contributed by atoms with E-state index in [9.17, 15) is 4.79 Å². The molecular weight excluding hydrogens is 730 g/mol. The van der Waals surface area contributed by atoms with Crippen molar-refractivity contribution in [3.63, 3.8) is 0 Å². The molecule has 3 aromatic heterocycles. The Balaban J connectivity index is 0.00000160. The van der Waals surface area contributed by atoms with Crippen molar-refractivity contribution in [2.24, 2.45) is 0 Å². The van der Waals surface area contributed by atoms with Gasteiger partial charge in [-0.2, -0.15) is 5.10 Å². The monoisotopic (exact) mass is 781 g/mol. The number of urea groups is 1. The lowest BCUT2D eigenvalue weighted by Gasteiger charge is -2.33. The van der Waals surface area contributed by atoms with Gasteiger partial charge in [-0.05, 0) is 80.5 Å². The number of pyridine rings is 1. The fourth-order valence-corrected chi connectivity index (χ4v) is 7.87.